The third-order valence-electron chi connectivity index (χ3n) is 3.24. The van der Waals surface area contributed by atoms with Crippen molar-refractivity contribution in [2.75, 3.05) is 0 Å². The van der Waals surface area contributed by atoms with E-state index in [0.717, 1.165) is 18.9 Å². The summed E-state index contributed by atoms with van der Waals surface area (Å²) in [5, 5.41) is 0. The summed E-state index contributed by atoms with van der Waals surface area (Å²) in [7, 11) is 0. The van der Waals surface area contributed by atoms with Crippen LogP contribution in [-0.2, 0) is 0 Å². The second-order valence-electron chi connectivity index (χ2n) is 4.66. The SMILES string of the molecule is CC1CC=C(C(=O)c2c(F)ccc(Br)c2F)CC1. The molecule has 0 heterocycles. The van der Waals surface area contributed by atoms with Gasteiger partial charge >= 0.3 is 0 Å². The van der Waals surface area contributed by atoms with E-state index in [2.05, 4.69) is 22.9 Å². The largest absolute Gasteiger partial charge is 0.289 e. The van der Waals surface area contributed by atoms with Gasteiger partial charge in [0.25, 0.3) is 0 Å². The predicted molar refractivity (Wildman–Crippen MR) is 69.5 cm³/mol. The zero-order valence-corrected chi connectivity index (χ0v) is 11.6. The van der Waals surface area contributed by atoms with Crippen LogP contribution in [0.15, 0.2) is 28.3 Å². The number of hydrogen-bond donors (Lipinski definition) is 0. The molecule has 1 aromatic rings. The highest BCUT2D eigenvalue weighted by Gasteiger charge is 2.24. The van der Waals surface area contributed by atoms with Crippen LogP contribution in [0.2, 0.25) is 0 Å². The number of carbonyl (C=O) groups is 1. The van der Waals surface area contributed by atoms with E-state index in [9.17, 15) is 13.6 Å². The van der Waals surface area contributed by atoms with Gasteiger partial charge in [-0.05, 0) is 58.8 Å². The lowest BCUT2D eigenvalue weighted by Crippen LogP contribution is -2.13. The smallest absolute Gasteiger partial charge is 0.194 e. The van der Waals surface area contributed by atoms with Gasteiger partial charge in [-0.3, -0.25) is 4.79 Å². The minimum Gasteiger partial charge on any atom is -0.289 e. The average molecular weight is 315 g/mol. The summed E-state index contributed by atoms with van der Waals surface area (Å²) >= 11 is 2.97. The van der Waals surface area contributed by atoms with Crippen molar-refractivity contribution in [3.63, 3.8) is 0 Å². The Labute approximate surface area is 113 Å². The van der Waals surface area contributed by atoms with E-state index in [1.54, 1.807) is 6.08 Å². The zero-order valence-electron chi connectivity index (χ0n) is 9.97. The van der Waals surface area contributed by atoms with E-state index in [0.29, 0.717) is 17.9 Å². The third-order valence-corrected chi connectivity index (χ3v) is 3.85. The molecule has 1 aliphatic rings. The van der Waals surface area contributed by atoms with Gasteiger partial charge in [0.1, 0.15) is 5.82 Å². The van der Waals surface area contributed by atoms with Crippen LogP contribution < -0.4 is 0 Å². The Morgan fingerprint density at radius 1 is 1.39 bits per heavy atom. The Morgan fingerprint density at radius 3 is 2.72 bits per heavy atom. The number of Topliss-reactive ketones (excluding diaryl/α,β-unsaturated/α-hetero) is 1. The van der Waals surface area contributed by atoms with Crippen LogP contribution in [0, 0.1) is 17.6 Å². The van der Waals surface area contributed by atoms with E-state index >= 15 is 0 Å². The summed E-state index contributed by atoms with van der Waals surface area (Å²) < 4.78 is 27.5. The van der Waals surface area contributed by atoms with Crippen LogP contribution in [0.3, 0.4) is 0 Å². The molecular weight excluding hydrogens is 302 g/mol. The molecule has 2 rings (SSSR count). The summed E-state index contributed by atoms with van der Waals surface area (Å²) in [6.07, 6.45) is 4.06. The highest BCUT2D eigenvalue weighted by molar-refractivity contribution is 9.10. The molecule has 0 saturated heterocycles. The van der Waals surface area contributed by atoms with E-state index in [1.165, 1.54) is 6.07 Å². The second-order valence-corrected chi connectivity index (χ2v) is 5.51. The summed E-state index contributed by atoms with van der Waals surface area (Å²) in [5.41, 5.74) is 0.0641. The molecule has 0 spiro atoms. The molecule has 4 heteroatoms. The van der Waals surface area contributed by atoms with E-state index in [-0.39, 0.29) is 4.47 Å². The Kier molecular flexibility index (Phi) is 3.95. The maximum Gasteiger partial charge on any atom is 0.194 e. The van der Waals surface area contributed by atoms with Crippen molar-refractivity contribution in [1.82, 2.24) is 0 Å². The number of rotatable bonds is 2. The monoisotopic (exact) mass is 314 g/mol. The van der Waals surface area contributed by atoms with Gasteiger partial charge in [0.15, 0.2) is 11.6 Å². The number of carbonyl (C=O) groups excluding carboxylic acids is 1. The van der Waals surface area contributed by atoms with Gasteiger partial charge < -0.3 is 0 Å². The maximum absolute atomic E-state index is 13.8. The zero-order chi connectivity index (χ0) is 13.3. The van der Waals surface area contributed by atoms with E-state index in [4.69, 9.17) is 0 Å². The fourth-order valence-electron chi connectivity index (χ4n) is 2.07. The number of hydrogen-bond acceptors (Lipinski definition) is 1. The van der Waals surface area contributed by atoms with Crippen LogP contribution in [0.5, 0.6) is 0 Å². The molecule has 0 aliphatic heterocycles. The minimum absolute atomic E-state index is 0.108. The van der Waals surface area contributed by atoms with Crippen LogP contribution in [-0.4, -0.2) is 5.78 Å². The molecule has 0 fully saturated rings. The fraction of sp³-hybridized carbons (Fsp3) is 0.357. The molecule has 1 atom stereocenters. The highest BCUT2D eigenvalue weighted by Crippen LogP contribution is 2.29. The number of halogens is 3. The molecule has 0 radical (unpaired) electrons. The van der Waals surface area contributed by atoms with Gasteiger partial charge in [0.2, 0.25) is 0 Å². The lowest BCUT2D eigenvalue weighted by Gasteiger charge is -2.17. The average Bonchev–Trinajstić information content (AvgIpc) is 2.35. The first-order valence-corrected chi connectivity index (χ1v) is 6.67. The first-order chi connectivity index (χ1) is 8.50. The fourth-order valence-corrected chi connectivity index (χ4v) is 2.40. The molecular formula is C14H13BrF2O. The van der Waals surface area contributed by atoms with E-state index in [1.807, 2.05) is 0 Å². The standard InChI is InChI=1S/C14H13BrF2O/c1-8-2-4-9(5-3-8)14(18)12-11(16)7-6-10(15)13(12)17/h4,6-8H,2-3,5H2,1H3. The van der Waals surface area contributed by atoms with Gasteiger partial charge in [-0.15, -0.1) is 0 Å². The molecule has 0 amide bonds. The normalized spacial score (nSPS) is 19.6. The van der Waals surface area contributed by atoms with Gasteiger partial charge in [-0.1, -0.05) is 13.0 Å². The lowest BCUT2D eigenvalue weighted by atomic mass is 9.87. The van der Waals surface area contributed by atoms with Crippen molar-refractivity contribution < 1.29 is 13.6 Å². The number of ketones is 1. The second kappa shape index (κ2) is 5.31. The van der Waals surface area contributed by atoms with Crippen molar-refractivity contribution in [3.8, 4) is 0 Å². The van der Waals surface area contributed by atoms with Crippen LogP contribution >= 0.6 is 15.9 Å². The molecule has 1 aliphatic carbocycles. The van der Waals surface area contributed by atoms with Crippen LogP contribution in [0.1, 0.15) is 36.5 Å². The minimum atomic E-state index is -0.820. The van der Waals surface area contributed by atoms with Crippen molar-refractivity contribution >= 4 is 21.7 Å². The Hall–Kier alpha value is -1.03. The van der Waals surface area contributed by atoms with E-state index < -0.39 is 23.0 Å². The highest BCUT2D eigenvalue weighted by atomic mass is 79.9. The molecule has 18 heavy (non-hydrogen) atoms. The molecule has 0 saturated carbocycles. The first kappa shape index (κ1) is 13.4. The van der Waals surface area contributed by atoms with Crippen molar-refractivity contribution in [2.45, 2.75) is 26.2 Å². The lowest BCUT2D eigenvalue weighted by molar-refractivity contribution is 0.101. The van der Waals surface area contributed by atoms with Crippen LogP contribution in [0.25, 0.3) is 0 Å². The summed E-state index contributed by atoms with van der Waals surface area (Å²) in [5.74, 6) is -1.63. The number of benzene rings is 1. The molecule has 1 unspecified atom stereocenters. The van der Waals surface area contributed by atoms with Gasteiger partial charge in [0.05, 0.1) is 10.0 Å². The summed E-state index contributed by atoms with van der Waals surface area (Å²) in [6.45, 7) is 2.10. The molecule has 96 valence electrons. The predicted octanol–water partition coefficient (Wildman–Crippen LogP) is 4.66. The maximum atomic E-state index is 13.8. The number of allylic oxidation sites excluding steroid dienone is 2. The van der Waals surface area contributed by atoms with Gasteiger partial charge in [-0.25, -0.2) is 8.78 Å². The molecule has 0 aromatic heterocycles. The first-order valence-electron chi connectivity index (χ1n) is 5.88. The topological polar surface area (TPSA) is 17.1 Å². The Bertz CT molecular complexity index is 523. The van der Waals surface area contributed by atoms with Crippen molar-refractivity contribution in [3.05, 3.63) is 45.5 Å². The summed E-state index contributed by atoms with van der Waals surface area (Å²) in [6, 6.07) is 2.37. The molecule has 0 N–H and O–H groups in total. The van der Waals surface area contributed by atoms with Crippen molar-refractivity contribution in [1.29, 1.82) is 0 Å². The molecule has 0 bridgehead atoms. The third kappa shape index (κ3) is 2.53. The molecule has 1 aromatic carbocycles. The van der Waals surface area contributed by atoms with Gasteiger partial charge in [-0.2, -0.15) is 0 Å². The quantitative estimate of drug-likeness (QED) is 0.573. The summed E-state index contributed by atoms with van der Waals surface area (Å²) in [4.78, 5) is 12.1. The Morgan fingerprint density at radius 2 is 2.11 bits per heavy atom. The van der Waals surface area contributed by atoms with Gasteiger partial charge in [0, 0.05) is 0 Å². The van der Waals surface area contributed by atoms with Crippen molar-refractivity contribution in [2.24, 2.45) is 5.92 Å². The molecule has 1 nitrogen and oxygen atoms in total. The Balaban J connectivity index is 2.38. The van der Waals surface area contributed by atoms with Crippen LogP contribution in [0.4, 0.5) is 8.78 Å².